The first-order chi connectivity index (χ1) is 8.70. The minimum atomic E-state index is 0.637. The van der Waals surface area contributed by atoms with Gasteiger partial charge in [-0.05, 0) is 33.5 Å². The van der Waals surface area contributed by atoms with Crippen molar-refractivity contribution in [2.45, 2.75) is 32.4 Å². The van der Waals surface area contributed by atoms with Gasteiger partial charge in [-0.15, -0.1) is 11.3 Å². The third kappa shape index (κ3) is 3.43. The molecule has 102 valence electrons. The Hall–Kier alpha value is -0.650. The average Bonchev–Trinajstić information content (AvgIpc) is 2.93. The maximum Gasteiger partial charge on any atom is 0.185 e. The molecule has 18 heavy (non-hydrogen) atoms. The Morgan fingerprint density at radius 2 is 2.39 bits per heavy atom. The molecule has 1 aromatic heterocycles. The zero-order valence-corrected chi connectivity index (χ0v) is 12.5. The standard InChI is InChI=1S/C13H24N4S/c1-4-14-8-11-10-18-13(15-11)17-7-5-6-12(17)9-16(2)3/h10,12,14H,4-9H2,1-3H3. The molecule has 1 saturated heterocycles. The molecule has 0 aromatic carbocycles. The van der Waals surface area contributed by atoms with Crippen molar-refractivity contribution in [2.24, 2.45) is 0 Å². The highest BCUT2D eigenvalue weighted by molar-refractivity contribution is 7.13. The molecule has 2 rings (SSSR count). The molecule has 1 unspecified atom stereocenters. The molecule has 1 aliphatic rings. The Balaban J connectivity index is 1.98. The number of hydrogen-bond donors (Lipinski definition) is 1. The lowest BCUT2D eigenvalue weighted by atomic mass is 10.2. The molecule has 0 spiro atoms. The van der Waals surface area contributed by atoms with Gasteiger partial charge in [0.05, 0.1) is 5.69 Å². The number of anilines is 1. The normalized spacial score (nSPS) is 20.0. The second-order valence-corrected chi connectivity index (χ2v) is 5.99. The van der Waals surface area contributed by atoms with E-state index in [1.54, 1.807) is 11.3 Å². The van der Waals surface area contributed by atoms with Crippen molar-refractivity contribution in [3.05, 3.63) is 11.1 Å². The summed E-state index contributed by atoms with van der Waals surface area (Å²) in [6, 6.07) is 0.637. The van der Waals surface area contributed by atoms with Crippen LogP contribution >= 0.6 is 11.3 Å². The number of likely N-dealkylation sites (N-methyl/N-ethyl adjacent to an activating group) is 1. The summed E-state index contributed by atoms with van der Waals surface area (Å²) in [5.41, 5.74) is 1.17. The van der Waals surface area contributed by atoms with Crippen molar-refractivity contribution in [1.82, 2.24) is 15.2 Å². The molecule has 1 N–H and O–H groups in total. The molecule has 0 aliphatic carbocycles. The molecule has 1 aromatic rings. The Bertz CT molecular complexity index is 364. The molecule has 1 fully saturated rings. The Labute approximate surface area is 114 Å². The van der Waals surface area contributed by atoms with Gasteiger partial charge >= 0.3 is 0 Å². The molecule has 5 heteroatoms. The van der Waals surface area contributed by atoms with Gasteiger partial charge in [0.1, 0.15) is 0 Å². The lowest BCUT2D eigenvalue weighted by molar-refractivity contribution is 0.372. The number of hydrogen-bond acceptors (Lipinski definition) is 5. The van der Waals surface area contributed by atoms with Gasteiger partial charge < -0.3 is 15.1 Å². The van der Waals surface area contributed by atoms with Crippen molar-refractivity contribution < 1.29 is 0 Å². The van der Waals surface area contributed by atoms with E-state index in [0.717, 1.165) is 26.2 Å². The molecule has 2 heterocycles. The van der Waals surface area contributed by atoms with Crippen LogP contribution in [0.2, 0.25) is 0 Å². The molecule has 0 amide bonds. The van der Waals surface area contributed by atoms with Gasteiger partial charge in [0.25, 0.3) is 0 Å². The van der Waals surface area contributed by atoms with Crippen molar-refractivity contribution in [2.75, 3.05) is 38.6 Å². The number of thiazole rings is 1. The highest BCUT2D eigenvalue weighted by atomic mass is 32.1. The smallest absolute Gasteiger partial charge is 0.185 e. The second kappa shape index (κ2) is 6.50. The van der Waals surface area contributed by atoms with Crippen LogP contribution in [0, 0.1) is 0 Å². The van der Waals surface area contributed by atoms with Crippen molar-refractivity contribution in [3.63, 3.8) is 0 Å². The van der Waals surface area contributed by atoms with Gasteiger partial charge in [-0.25, -0.2) is 4.98 Å². The van der Waals surface area contributed by atoms with Gasteiger partial charge in [0, 0.05) is 31.1 Å². The minimum absolute atomic E-state index is 0.637. The average molecular weight is 268 g/mol. The summed E-state index contributed by atoms with van der Waals surface area (Å²) in [4.78, 5) is 9.51. The van der Waals surface area contributed by atoms with Gasteiger partial charge in [0.2, 0.25) is 0 Å². The predicted molar refractivity (Wildman–Crippen MR) is 78.4 cm³/mol. The summed E-state index contributed by atoms with van der Waals surface area (Å²) in [5.74, 6) is 0. The topological polar surface area (TPSA) is 31.4 Å². The molecule has 1 atom stereocenters. The Morgan fingerprint density at radius 3 is 3.11 bits per heavy atom. The fraction of sp³-hybridized carbons (Fsp3) is 0.769. The van der Waals surface area contributed by atoms with E-state index in [-0.39, 0.29) is 0 Å². The van der Waals surface area contributed by atoms with Crippen LogP contribution in [0.5, 0.6) is 0 Å². The highest BCUT2D eigenvalue weighted by Gasteiger charge is 2.26. The predicted octanol–water partition coefficient (Wildman–Crippen LogP) is 1.78. The molecular weight excluding hydrogens is 244 g/mol. The van der Waals surface area contributed by atoms with Crippen LogP contribution in [0.15, 0.2) is 5.38 Å². The van der Waals surface area contributed by atoms with Crippen molar-refractivity contribution >= 4 is 16.5 Å². The number of nitrogens with zero attached hydrogens (tertiary/aromatic N) is 3. The Kier molecular flexibility index (Phi) is 4.97. The van der Waals surface area contributed by atoms with E-state index in [1.807, 2.05) is 0 Å². The monoisotopic (exact) mass is 268 g/mol. The summed E-state index contributed by atoms with van der Waals surface area (Å²) < 4.78 is 0. The third-order valence-corrected chi connectivity index (χ3v) is 4.22. The van der Waals surface area contributed by atoms with E-state index >= 15 is 0 Å². The van der Waals surface area contributed by atoms with E-state index in [0.29, 0.717) is 6.04 Å². The number of rotatable bonds is 6. The van der Waals surface area contributed by atoms with Crippen molar-refractivity contribution in [1.29, 1.82) is 0 Å². The first-order valence-electron chi connectivity index (χ1n) is 6.77. The van der Waals surface area contributed by atoms with E-state index in [1.165, 1.54) is 23.7 Å². The largest absolute Gasteiger partial charge is 0.344 e. The summed E-state index contributed by atoms with van der Waals surface area (Å²) in [5, 5.41) is 6.71. The van der Waals surface area contributed by atoms with E-state index in [4.69, 9.17) is 4.98 Å². The Morgan fingerprint density at radius 1 is 1.56 bits per heavy atom. The van der Waals surface area contributed by atoms with Gasteiger partial charge in [-0.1, -0.05) is 6.92 Å². The molecule has 1 aliphatic heterocycles. The molecule has 4 nitrogen and oxygen atoms in total. The van der Waals surface area contributed by atoms with Gasteiger partial charge in [-0.2, -0.15) is 0 Å². The molecule has 0 radical (unpaired) electrons. The molecule has 0 saturated carbocycles. The van der Waals surface area contributed by atoms with Crippen LogP contribution in [0.25, 0.3) is 0 Å². The van der Waals surface area contributed by atoms with Crippen LogP contribution in [-0.4, -0.2) is 49.7 Å². The lowest BCUT2D eigenvalue weighted by Gasteiger charge is -2.26. The summed E-state index contributed by atoms with van der Waals surface area (Å²) in [6.07, 6.45) is 2.58. The summed E-state index contributed by atoms with van der Waals surface area (Å²) in [7, 11) is 4.30. The lowest BCUT2D eigenvalue weighted by Crippen LogP contribution is -2.37. The summed E-state index contributed by atoms with van der Waals surface area (Å²) in [6.45, 7) is 6.30. The van der Waals surface area contributed by atoms with Crippen LogP contribution in [-0.2, 0) is 6.54 Å². The first kappa shape index (κ1) is 13.8. The third-order valence-electron chi connectivity index (χ3n) is 3.29. The molecule has 0 bridgehead atoms. The number of nitrogens with one attached hydrogen (secondary N) is 1. The summed E-state index contributed by atoms with van der Waals surface area (Å²) >= 11 is 1.78. The quantitative estimate of drug-likeness (QED) is 0.852. The molecular formula is C13H24N4S. The van der Waals surface area contributed by atoms with Crippen LogP contribution in [0.4, 0.5) is 5.13 Å². The van der Waals surface area contributed by atoms with E-state index in [9.17, 15) is 0 Å². The van der Waals surface area contributed by atoms with Crippen molar-refractivity contribution in [3.8, 4) is 0 Å². The number of aromatic nitrogens is 1. The fourth-order valence-electron chi connectivity index (χ4n) is 2.46. The van der Waals surface area contributed by atoms with Crippen LogP contribution in [0.3, 0.4) is 0 Å². The van der Waals surface area contributed by atoms with Crippen LogP contribution < -0.4 is 10.2 Å². The van der Waals surface area contributed by atoms with E-state index in [2.05, 4.69) is 41.5 Å². The maximum absolute atomic E-state index is 4.75. The van der Waals surface area contributed by atoms with Crippen LogP contribution in [0.1, 0.15) is 25.5 Å². The fourth-order valence-corrected chi connectivity index (χ4v) is 3.38. The minimum Gasteiger partial charge on any atom is -0.344 e. The van der Waals surface area contributed by atoms with Gasteiger partial charge in [-0.3, -0.25) is 0 Å². The zero-order chi connectivity index (χ0) is 13.0. The SMILES string of the molecule is CCNCc1csc(N2CCCC2CN(C)C)n1. The van der Waals surface area contributed by atoms with Gasteiger partial charge in [0.15, 0.2) is 5.13 Å². The highest BCUT2D eigenvalue weighted by Crippen LogP contribution is 2.28. The van der Waals surface area contributed by atoms with E-state index < -0.39 is 0 Å². The first-order valence-corrected chi connectivity index (χ1v) is 7.65. The maximum atomic E-state index is 4.75. The second-order valence-electron chi connectivity index (χ2n) is 5.15. The zero-order valence-electron chi connectivity index (χ0n) is 11.6.